The summed E-state index contributed by atoms with van der Waals surface area (Å²) >= 11 is 1.61. The van der Waals surface area contributed by atoms with Crippen molar-refractivity contribution in [1.29, 1.82) is 0 Å². The van der Waals surface area contributed by atoms with E-state index in [-0.39, 0.29) is 6.10 Å². The summed E-state index contributed by atoms with van der Waals surface area (Å²) in [6.07, 6.45) is 4.13. The van der Waals surface area contributed by atoms with Gasteiger partial charge in [-0.25, -0.2) is 4.99 Å². The molecule has 0 saturated carbocycles. The highest BCUT2D eigenvalue weighted by Gasteiger charge is 2.19. The summed E-state index contributed by atoms with van der Waals surface area (Å²) in [5.41, 5.74) is 1.90. The molecule has 2 aromatic heterocycles. The van der Waals surface area contributed by atoms with Gasteiger partial charge in [-0.3, -0.25) is 0 Å². The van der Waals surface area contributed by atoms with Crippen molar-refractivity contribution in [3.05, 3.63) is 52.8 Å². The van der Waals surface area contributed by atoms with Crippen molar-refractivity contribution in [2.24, 2.45) is 4.99 Å². The fourth-order valence-corrected chi connectivity index (χ4v) is 3.92. The zero-order chi connectivity index (χ0) is 17.1. The van der Waals surface area contributed by atoms with E-state index in [4.69, 9.17) is 18.9 Å². The molecule has 0 unspecified atom stereocenters. The number of methoxy groups -OCH3 is 1. The summed E-state index contributed by atoms with van der Waals surface area (Å²) in [5.74, 6) is 1.65. The molecule has 5 nitrogen and oxygen atoms in total. The average molecular weight is 356 g/mol. The lowest BCUT2D eigenvalue weighted by Gasteiger charge is -2.13. The van der Waals surface area contributed by atoms with Crippen LogP contribution in [0.3, 0.4) is 0 Å². The molecule has 1 fully saturated rings. The van der Waals surface area contributed by atoms with Crippen molar-refractivity contribution in [2.45, 2.75) is 25.5 Å². The normalized spacial score (nSPS) is 18.0. The maximum Gasteiger partial charge on any atom is 0.190 e. The van der Waals surface area contributed by atoms with Crippen molar-refractivity contribution in [2.75, 3.05) is 13.7 Å². The van der Waals surface area contributed by atoms with Crippen LogP contribution in [0.4, 0.5) is 5.69 Å². The van der Waals surface area contributed by atoms with Crippen LogP contribution in [0.25, 0.3) is 11.5 Å². The molecule has 1 aliphatic rings. The third kappa shape index (κ3) is 3.55. The molecule has 1 aromatic carbocycles. The number of hydrogen-bond acceptors (Lipinski definition) is 5. The van der Waals surface area contributed by atoms with Gasteiger partial charge in [-0.1, -0.05) is 6.07 Å². The predicted molar refractivity (Wildman–Crippen MR) is 97.2 cm³/mol. The van der Waals surface area contributed by atoms with Gasteiger partial charge >= 0.3 is 0 Å². The van der Waals surface area contributed by atoms with Crippen LogP contribution in [0, 0.1) is 0 Å². The summed E-state index contributed by atoms with van der Waals surface area (Å²) in [6.45, 7) is 1.62. The zero-order valence-electron chi connectivity index (χ0n) is 14.1. The van der Waals surface area contributed by atoms with Crippen LogP contribution < -0.4 is 9.54 Å². The van der Waals surface area contributed by atoms with Crippen LogP contribution in [0.5, 0.6) is 5.75 Å². The molecule has 25 heavy (non-hydrogen) atoms. The van der Waals surface area contributed by atoms with Gasteiger partial charge < -0.3 is 18.5 Å². The van der Waals surface area contributed by atoms with E-state index in [9.17, 15) is 0 Å². The van der Waals surface area contributed by atoms with Gasteiger partial charge in [0.1, 0.15) is 5.75 Å². The minimum absolute atomic E-state index is 0.229. The van der Waals surface area contributed by atoms with Crippen LogP contribution in [-0.2, 0) is 11.3 Å². The van der Waals surface area contributed by atoms with Crippen LogP contribution >= 0.6 is 11.3 Å². The Labute approximate surface area is 150 Å². The quantitative estimate of drug-likeness (QED) is 0.687. The maximum atomic E-state index is 5.83. The maximum absolute atomic E-state index is 5.83. The molecule has 0 spiro atoms. The number of ether oxygens (including phenoxy) is 2. The molecule has 1 atom stereocenters. The Morgan fingerprint density at radius 3 is 3.04 bits per heavy atom. The lowest BCUT2D eigenvalue weighted by molar-refractivity contribution is 0.0967. The molecule has 0 amide bonds. The topological polar surface area (TPSA) is 48.9 Å². The average Bonchev–Trinajstić information content (AvgIpc) is 3.38. The SMILES string of the molecule is COc1cccc(N=c2scc(-c3ccco3)n2C[C@@H]2CCCO2)c1. The molecule has 0 bridgehead atoms. The van der Waals surface area contributed by atoms with Crippen molar-refractivity contribution >= 4 is 17.0 Å². The molecule has 6 heteroatoms. The van der Waals surface area contributed by atoms with Crippen molar-refractivity contribution in [3.63, 3.8) is 0 Å². The molecule has 0 aliphatic carbocycles. The Hall–Kier alpha value is -2.31. The van der Waals surface area contributed by atoms with E-state index in [0.717, 1.165) is 53.7 Å². The fourth-order valence-electron chi connectivity index (χ4n) is 3.00. The van der Waals surface area contributed by atoms with Crippen molar-refractivity contribution in [3.8, 4) is 17.2 Å². The Kier molecular flexibility index (Phi) is 4.72. The van der Waals surface area contributed by atoms with Crippen molar-refractivity contribution < 1.29 is 13.9 Å². The summed E-state index contributed by atoms with van der Waals surface area (Å²) in [7, 11) is 1.66. The van der Waals surface area contributed by atoms with E-state index in [0.29, 0.717) is 0 Å². The second-order valence-corrected chi connectivity index (χ2v) is 6.78. The highest BCUT2D eigenvalue weighted by Crippen LogP contribution is 2.24. The minimum Gasteiger partial charge on any atom is -0.497 e. The third-order valence-corrected chi connectivity index (χ3v) is 5.12. The highest BCUT2D eigenvalue weighted by atomic mass is 32.1. The second kappa shape index (κ2) is 7.29. The van der Waals surface area contributed by atoms with Gasteiger partial charge in [0.05, 0.1) is 37.4 Å². The number of hydrogen-bond donors (Lipinski definition) is 0. The van der Waals surface area contributed by atoms with Gasteiger partial charge in [0.25, 0.3) is 0 Å². The number of benzene rings is 1. The Morgan fingerprint density at radius 1 is 1.32 bits per heavy atom. The molecule has 1 aliphatic heterocycles. The molecule has 0 radical (unpaired) electrons. The molecular weight excluding hydrogens is 336 g/mol. The van der Waals surface area contributed by atoms with E-state index in [1.54, 1.807) is 24.7 Å². The van der Waals surface area contributed by atoms with E-state index in [1.807, 2.05) is 36.4 Å². The summed E-state index contributed by atoms with van der Waals surface area (Å²) in [6, 6.07) is 11.7. The van der Waals surface area contributed by atoms with E-state index in [1.165, 1.54) is 0 Å². The lowest BCUT2D eigenvalue weighted by Crippen LogP contribution is -2.23. The molecule has 1 saturated heterocycles. The highest BCUT2D eigenvalue weighted by molar-refractivity contribution is 7.07. The Balaban J connectivity index is 1.77. The zero-order valence-corrected chi connectivity index (χ0v) is 14.9. The molecule has 0 N–H and O–H groups in total. The fraction of sp³-hybridized carbons (Fsp3) is 0.316. The van der Waals surface area contributed by atoms with Gasteiger partial charge in [-0.15, -0.1) is 11.3 Å². The Bertz CT molecular complexity index is 890. The summed E-state index contributed by atoms with van der Waals surface area (Å²) < 4.78 is 18.9. The number of nitrogens with zero attached hydrogens (tertiary/aromatic N) is 2. The monoisotopic (exact) mass is 356 g/mol. The lowest BCUT2D eigenvalue weighted by atomic mass is 10.2. The minimum atomic E-state index is 0.229. The van der Waals surface area contributed by atoms with Gasteiger partial charge in [-0.05, 0) is 37.1 Å². The molecule has 4 rings (SSSR count). The predicted octanol–water partition coefficient (Wildman–Crippen LogP) is 4.23. The molecular formula is C19H20N2O3S. The third-order valence-electron chi connectivity index (χ3n) is 4.26. The first-order valence-electron chi connectivity index (χ1n) is 8.36. The van der Waals surface area contributed by atoms with Crippen LogP contribution in [-0.4, -0.2) is 24.4 Å². The van der Waals surface area contributed by atoms with E-state index < -0.39 is 0 Å². The van der Waals surface area contributed by atoms with Crippen LogP contribution in [0.2, 0.25) is 0 Å². The van der Waals surface area contributed by atoms with Crippen molar-refractivity contribution in [1.82, 2.24) is 4.57 Å². The Morgan fingerprint density at radius 2 is 2.28 bits per heavy atom. The van der Waals surface area contributed by atoms with Gasteiger partial charge in [0, 0.05) is 18.1 Å². The number of furan rings is 1. The van der Waals surface area contributed by atoms with Crippen LogP contribution in [0.1, 0.15) is 12.8 Å². The first-order chi connectivity index (χ1) is 12.3. The summed E-state index contributed by atoms with van der Waals surface area (Å²) in [5, 5.41) is 2.09. The standard InChI is InChI=1S/C19H20N2O3S/c1-22-15-6-2-5-14(11-15)20-19-21(12-16-7-3-9-23-16)17(13-25-19)18-8-4-10-24-18/h2,4-6,8,10-11,13,16H,3,7,9,12H2,1H3/t16-/m0/s1. The first-order valence-corrected chi connectivity index (χ1v) is 9.24. The molecule has 3 heterocycles. The summed E-state index contributed by atoms with van der Waals surface area (Å²) in [4.78, 5) is 5.75. The van der Waals surface area contributed by atoms with E-state index in [2.05, 4.69) is 9.95 Å². The first kappa shape index (κ1) is 16.2. The van der Waals surface area contributed by atoms with Gasteiger partial charge in [-0.2, -0.15) is 0 Å². The molecule has 130 valence electrons. The second-order valence-electron chi connectivity index (χ2n) is 5.94. The number of rotatable bonds is 5. The number of thiazole rings is 1. The largest absolute Gasteiger partial charge is 0.497 e. The van der Waals surface area contributed by atoms with Crippen LogP contribution in [0.15, 0.2) is 57.5 Å². The smallest absolute Gasteiger partial charge is 0.190 e. The van der Waals surface area contributed by atoms with Gasteiger partial charge in [0.15, 0.2) is 10.6 Å². The molecule has 3 aromatic rings. The number of aromatic nitrogens is 1. The van der Waals surface area contributed by atoms with Gasteiger partial charge in [0.2, 0.25) is 0 Å². The van der Waals surface area contributed by atoms with E-state index >= 15 is 0 Å².